The predicted molar refractivity (Wildman–Crippen MR) is 348 cm³/mol. The van der Waals surface area contributed by atoms with Crippen molar-refractivity contribution in [1.82, 2.24) is 31.2 Å². The fourth-order valence-corrected chi connectivity index (χ4v) is 12.6. The SMILES string of the molecule is CC[C@H](NC)C(=O)N[C@@H](Cc1c(C)cc(OCc2ccc(COc3cc(C)c(C[C@H](NC(=O)[C@H](CC)NC)C(=O)N4CC(C)(C)c5[nH]c(=O)c(Cc6ccc(F)cc6)cc54)c(C)c3)cc2)cc1C)C(=O)N1CC(C)(C)c2[nH]c(=O)c(Cc3ccc(F)cc3)cc21. The Labute approximate surface area is 525 Å². The maximum Gasteiger partial charge on any atom is 0.251 e. The molecule has 9 rings (SSSR count). The second-order valence-electron chi connectivity index (χ2n) is 25.5. The summed E-state index contributed by atoms with van der Waals surface area (Å²) in [5, 5.41) is 12.3. The Morgan fingerprint density at radius 3 is 1.14 bits per heavy atom. The van der Waals surface area contributed by atoms with Crippen LogP contribution in [0.3, 0.4) is 0 Å². The molecular weight excluding hydrogens is 1140 g/mol. The third-order valence-corrected chi connectivity index (χ3v) is 17.7. The van der Waals surface area contributed by atoms with Crippen LogP contribution in [-0.4, -0.2) is 84.9 Å². The lowest BCUT2D eigenvalue weighted by molar-refractivity contribution is -0.128. The molecule has 0 spiro atoms. The summed E-state index contributed by atoms with van der Waals surface area (Å²) in [5.41, 5.74) is 10.2. The summed E-state index contributed by atoms with van der Waals surface area (Å²) in [5.74, 6) is -0.671. The van der Waals surface area contributed by atoms with Gasteiger partial charge >= 0.3 is 0 Å². The number of halogens is 2. The molecule has 7 aromatic rings. The molecule has 90 heavy (non-hydrogen) atoms. The van der Waals surface area contributed by atoms with Gasteiger partial charge in [-0.1, -0.05) is 90.1 Å². The van der Waals surface area contributed by atoms with Gasteiger partial charge in [-0.05, 0) is 171 Å². The number of carbonyl (C=O) groups excluding carboxylic acids is 4. The van der Waals surface area contributed by atoms with Gasteiger partial charge < -0.3 is 50.5 Å². The van der Waals surface area contributed by atoms with E-state index in [0.29, 0.717) is 58.2 Å². The molecule has 2 aromatic heterocycles. The maximum absolute atomic E-state index is 15.0. The monoisotopic (exact) mass is 1230 g/mol. The number of aryl methyl sites for hydroxylation is 4. The molecule has 16 nitrogen and oxygen atoms in total. The number of aromatic amines is 2. The van der Waals surface area contributed by atoms with E-state index >= 15 is 0 Å². The molecule has 2 aliphatic heterocycles. The Morgan fingerprint density at radius 2 is 0.833 bits per heavy atom. The van der Waals surface area contributed by atoms with Gasteiger partial charge in [0, 0.05) is 72.1 Å². The van der Waals surface area contributed by atoms with Gasteiger partial charge in [0.15, 0.2) is 0 Å². The molecule has 18 heteroatoms. The molecule has 4 atom stereocenters. The quantitative estimate of drug-likeness (QED) is 0.0338. The smallest absolute Gasteiger partial charge is 0.251 e. The van der Waals surface area contributed by atoms with Crippen LogP contribution in [0.15, 0.2) is 119 Å². The molecule has 4 heterocycles. The molecule has 0 fully saturated rings. The maximum atomic E-state index is 15.0. The first kappa shape index (κ1) is 65.7. The summed E-state index contributed by atoms with van der Waals surface area (Å²) in [6, 6.07) is 28.2. The van der Waals surface area contributed by atoms with Crippen molar-refractivity contribution in [2.75, 3.05) is 37.0 Å². The van der Waals surface area contributed by atoms with Gasteiger partial charge in [0.1, 0.15) is 48.4 Å². The number of aromatic nitrogens is 2. The molecular formula is C72H84F2N8O8. The summed E-state index contributed by atoms with van der Waals surface area (Å²) in [6.07, 6.45) is 1.90. The highest BCUT2D eigenvalue weighted by molar-refractivity contribution is 6.03. The van der Waals surface area contributed by atoms with Gasteiger partial charge in [-0.2, -0.15) is 0 Å². The van der Waals surface area contributed by atoms with E-state index in [1.807, 2.05) is 118 Å². The number of amides is 4. The van der Waals surface area contributed by atoms with E-state index in [-0.39, 0.29) is 98.4 Å². The van der Waals surface area contributed by atoms with Crippen molar-refractivity contribution < 1.29 is 37.4 Å². The van der Waals surface area contributed by atoms with Crippen LogP contribution in [0, 0.1) is 39.3 Å². The number of fused-ring (bicyclic) bond motifs is 2. The van der Waals surface area contributed by atoms with E-state index in [0.717, 1.165) is 55.6 Å². The second-order valence-corrected chi connectivity index (χ2v) is 25.5. The molecule has 0 saturated carbocycles. The number of H-pyrrole nitrogens is 2. The molecule has 0 unspecified atom stereocenters. The minimum atomic E-state index is -0.956. The molecule has 4 amide bonds. The van der Waals surface area contributed by atoms with Crippen LogP contribution in [0.4, 0.5) is 20.2 Å². The highest BCUT2D eigenvalue weighted by Crippen LogP contribution is 2.41. The van der Waals surface area contributed by atoms with Gasteiger partial charge in [-0.25, -0.2) is 8.78 Å². The van der Waals surface area contributed by atoms with Crippen LogP contribution in [0.2, 0.25) is 0 Å². The molecule has 6 N–H and O–H groups in total. The van der Waals surface area contributed by atoms with Crippen molar-refractivity contribution in [3.63, 3.8) is 0 Å². The summed E-state index contributed by atoms with van der Waals surface area (Å²) in [7, 11) is 3.43. The van der Waals surface area contributed by atoms with Crippen molar-refractivity contribution >= 4 is 35.0 Å². The first-order valence-electron chi connectivity index (χ1n) is 30.9. The Bertz CT molecular complexity index is 3630. The van der Waals surface area contributed by atoms with E-state index in [1.165, 1.54) is 24.3 Å². The topological polar surface area (TPSA) is 207 Å². The van der Waals surface area contributed by atoms with Crippen LogP contribution in [0.25, 0.3) is 0 Å². The van der Waals surface area contributed by atoms with Gasteiger partial charge in [-0.3, -0.25) is 28.8 Å². The molecule has 0 saturated heterocycles. The first-order valence-corrected chi connectivity index (χ1v) is 30.9. The average molecular weight is 1230 g/mol. The third-order valence-electron chi connectivity index (χ3n) is 17.7. The minimum absolute atomic E-state index is 0.203. The zero-order valence-electron chi connectivity index (χ0n) is 53.7. The highest BCUT2D eigenvalue weighted by Gasteiger charge is 2.44. The number of anilines is 2. The van der Waals surface area contributed by atoms with Gasteiger partial charge in [0.25, 0.3) is 11.1 Å². The van der Waals surface area contributed by atoms with E-state index in [1.54, 1.807) is 60.3 Å². The van der Waals surface area contributed by atoms with Crippen molar-refractivity contribution in [3.05, 3.63) is 220 Å². The van der Waals surface area contributed by atoms with E-state index in [4.69, 9.17) is 9.47 Å². The summed E-state index contributed by atoms with van der Waals surface area (Å²) >= 11 is 0. The third kappa shape index (κ3) is 14.8. The number of hydrogen-bond acceptors (Lipinski definition) is 10. The number of likely N-dealkylation sites (N-methyl/N-ethyl adjacent to an activating group) is 2. The zero-order valence-corrected chi connectivity index (χ0v) is 53.7. The Morgan fingerprint density at radius 1 is 0.511 bits per heavy atom. The van der Waals surface area contributed by atoms with Crippen LogP contribution >= 0.6 is 0 Å². The van der Waals surface area contributed by atoms with Crippen molar-refractivity contribution in [3.8, 4) is 11.5 Å². The standard InChI is InChI=1S/C72H84F2N8O8/c1-13-57(75-11)67(85)77-59(69(87)81-39-71(7,8)63-61(81)33-49(65(83)79-63)31-45-19-23-51(73)24-20-45)35-55-41(3)27-53(28-42(55)4)89-37-47-15-17-48(18-16-47)38-90-54-29-43(5)56(44(6)30-54)36-60(78-68(86)58(14-2)76-12)70(88)82-40-72(9,10)64-62(82)34-50(66(84)80-64)32-46-21-25-52(74)26-22-46/h15-30,33-34,57-60,75-76H,13-14,31-32,35-40H2,1-12H3,(H,77,85)(H,78,86)(H,79,83)(H,80,84)/t57-,58-,59-,60-/m0/s1. The average Bonchev–Trinajstić information content (AvgIpc) is 1.60. The number of carbonyl (C=O) groups is 4. The van der Waals surface area contributed by atoms with Crippen LogP contribution in [0.1, 0.15) is 133 Å². The normalized spacial score (nSPS) is 15.1. The molecule has 2 aliphatic rings. The molecule has 0 bridgehead atoms. The molecule has 0 aliphatic carbocycles. The number of hydrogen-bond donors (Lipinski definition) is 6. The number of benzene rings is 5. The molecule has 0 radical (unpaired) electrons. The highest BCUT2D eigenvalue weighted by atomic mass is 19.1. The van der Waals surface area contributed by atoms with Crippen molar-refractivity contribution in [2.24, 2.45) is 0 Å². The van der Waals surface area contributed by atoms with Crippen molar-refractivity contribution in [1.29, 1.82) is 0 Å². The fourth-order valence-electron chi connectivity index (χ4n) is 12.6. The van der Waals surface area contributed by atoms with E-state index < -0.39 is 35.0 Å². The zero-order chi connectivity index (χ0) is 64.9. The van der Waals surface area contributed by atoms with Crippen LogP contribution in [-0.2, 0) is 68.9 Å². The Balaban J connectivity index is 0.858. The summed E-state index contributed by atoms with van der Waals surface area (Å²) < 4.78 is 40.3. The van der Waals surface area contributed by atoms with Crippen LogP contribution in [0.5, 0.6) is 11.5 Å². The predicted octanol–water partition coefficient (Wildman–Crippen LogP) is 9.61. The first-order chi connectivity index (χ1) is 42.8. The lowest BCUT2D eigenvalue weighted by Crippen LogP contribution is -2.54. The molecule has 474 valence electrons. The summed E-state index contributed by atoms with van der Waals surface area (Å²) in [4.78, 5) is 93.8. The summed E-state index contributed by atoms with van der Waals surface area (Å²) in [6.45, 7) is 20.7. The fraction of sp³-hybridized carbons (Fsp3) is 0.389. The Kier molecular flexibility index (Phi) is 20.1. The Hall–Kier alpha value is -8.74. The van der Waals surface area contributed by atoms with Gasteiger partial charge in [0.2, 0.25) is 23.6 Å². The number of rotatable bonds is 24. The lowest BCUT2D eigenvalue weighted by atomic mass is 9.91. The largest absolute Gasteiger partial charge is 0.489 e. The molecule has 5 aromatic carbocycles. The van der Waals surface area contributed by atoms with Crippen molar-refractivity contribution in [2.45, 2.75) is 156 Å². The van der Waals surface area contributed by atoms with Gasteiger partial charge in [0.05, 0.1) is 23.5 Å². The number of nitrogens with one attached hydrogen (secondary N) is 6. The number of pyridine rings is 2. The van der Waals surface area contributed by atoms with E-state index in [9.17, 15) is 37.5 Å². The number of ether oxygens (including phenoxy) is 2. The van der Waals surface area contributed by atoms with E-state index in [2.05, 4.69) is 31.2 Å². The number of nitrogens with zero attached hydrogens (tertiary/aromatic N) is 2. The van der Waals surface area contributed by atoms with Crippen LogP contribution < -0.4 is 51.7 Å². The minimum Gasteiger partial charge on any atom is -0.489 e. The second kappa shape index (κ2) is 27.6. The lowest BCUT2D eigenvalue weighted by Gasteiger charge is -2.28. The van der Waals surface area contributed by atoms with Gasteiger partial charge in [-0.15, -0.1) is 0 Å².